The van der Waals surface area contributed by atoms with Gasteiger partial charge in [0, 0.05) is 24.3 Å². The third-order valence-electron chi connectivity index (χ3n) is 8.45. The van der Waals surface area contributed by atoms with Gasteiger partial charge < -0.3 is 40.2 Å². The van der Waals surface area contributed by atoms with Crippen LogP contribution in [0.5, 0.6) is 0 Å². The second-order valence-electron chi connectivity index (χ2n) is 13.9. The summed E-state index contributed by atoms with van der Waals surface area (Å²) in [7, 11) is 11.0. The van der Waals surface area contributed by atoms with E-state index >= 15 is 0 Å². The Morgan fingerprint density at radius 1 is 0.458 bits per heavy atom. The lowest BCUT2D eigenvalue weighted by Crippen LogP contribution is -3.05. The molecule has 0 spiro atoms. The zero-order valence-corrected chi connectivity index (χ0v) is 32.4. The number of carbonyl (C=O) groups excluding carboxylic acids is 4. The minimum atomic E-state index is -1.37. The first-order valence-corrected chi connectivity index (χ1v) is 21.3. The fourth-order valence-electron chi connectivity index (χ4n) is 5.46. The molecule has 0 radical (unpaired) electrons. The summed E-state index contributed by atoms with van der Waals surface area (Å²) in [5.74, 6) is -3.33. The summed E-state index contributed by atoms with van der Waals surface area (Å²) in [4.78, 5) is 50.7. The predicted molar refractivity (Wildman–Crippen MR) is 196 cm³/mol. The van der Waals surface area contributed by atoms with E-state index in [9.17, 15) is 29.4 Å². The Morgan fingerprint density at radius 3 is 0.958 bits per heavy atom. The number of aliphatic carboxylic acids is 2. The molecule has 0 aromatic heterocycles. The molecule has 0 aliphatic rings. The molecule has 0 aromatic rings. The molecule has 282 valence electrons. The second kappa shape index (κ2) is 32.7. The minimum absolute atomic E-state index is 0.0278. The highest BCUT2D eigenvalue weighted by Crippen LogP contribution is 2.23. The van der Waals surface area contributed by atoms with Crippen molar-refractivity contribution in [3.8, 4) is 0 Å². The summed E-state index contributed by atoms with van der Waals surface area (Å²) in [5, 5.41) is 28.2. The van der Waals surface area contributed by atoms with Gasteiger partial charge in [-0.05, 0) is 38.5 Å². The van der Waals surface area contributed by atoms with E-state index in [1.807, 2.05) is 0 Å². The van der Waals surface area contributed by atoms with E-state index in [0.717, 1.165) is 60.1 Å². The molecular weight excluding hydrogens is 649 g/mol. The number of unbranched alkanes of at least 4 members (excludes halogenated alkanes) is 18. The van der Waals surface area contributed by atoms with Crippen LogP contribution in [0.2, 0.25) is 0 Å². The molecule has 0 bridgehead atoms. The number of carboxylic acids is 2. The molecule has 2 unspecified atom stereocenters. The Bertz CT molecular complexity index is 768. The molecule has 0 heterocycles. The van der Waals surface area contributed by atoms with E-state index in [-0.39, 0.29) is 36.2 Å². The van der Waals surface area contributed by atoms with Crippen LogP contribution >= 0.6 is 21.6 Å². The third kappa shape index (κ3) is 31.7. The van der Waals surface area contributed by atoms with E-state index in [4.69, 9.17) is 0 Å². The molecule has 10 nitrogen and oxygen atoms in total. The number of hydrogen-bond acceptors (Lipinski definition) is 8. The van der Waals surface area contributed by atoms with Crippen LogP contribution in [-0.4, -0.2) is 88.6 Å². The van der Waals surface area contributed by atoms with Crippen molar-refractivity contribution in [3.63, 3.8) is 0 Å². The molecule has 2 atom stereocenters. The fraction of sp³-hybridized carbons (Fsp3) is 0.889. The Labute approximate surface area is 300 Å². The minimum Gasteiger partial charge on any atom is -0.548 e. The van der Waals surface area contributed by atoms with Crippen molar-refractivity contribution in [2.75, 3.05) is 52.8 Å². The van der Waals surface area contributed by atoms with Gasteiger partial charge in [-0.25, -0.2) is 0 Å². The Kier molecular flexibility index (Phi) is 31.7. The van der Waals surface area contributed by atoms with E-state index in [2.05, 4.69) is 38.8 Å². The van der Waals surface area contributed by atoms with Gasteiger partial charge in [0.2, 0.25) is 11.8 Å². The highest BCUT2D eigenvalue weighted by Gasteiger charge is 2.17. The number of hydrogen-bond donors (Lipinski definition) is 4. The van der Waals surface area contributed by atoms with Crippen LogP contribution in [0.4, 0.5) is 0 Å². The van der Waals surface area contributed by atoms with Gasteiger partial charge in [0.1, 0.15) is 0 Å². The van der Waals surface area contributed by atoms with E-state index in [0.29, 0.717) is 12.8 Å². The van der Waals surface area contributed by atoms with Crippen molar-refractivity contribution in [1.82, 2.24) is 10.6 Å². The van der Waals surface area contributed by atoms with Crippen molar-refractivity contribution in [1.29, 1.82) is 0 Å². The van der Waals surface area contributed by atoms with E-state index in [1.165, 1.54) is 99.9 Å². The molecule has 0 rings (SSSR count). The Hall–Kier alpha value is -1.50. The normalized spacial score (nSPS) is 12.7. The van der Waals surface area contributed by atoms with Crippen molar-refractivity contribution in [2.24, 2.45) is 0 Å². The number of rotatable bonds is 35. The van der Waals surface area contributed by atoms with Crippen LogP contribution in [0.1, 0.15) is 141 Å². The van der Waals surface area contributed by atoms with Crippen molar-refractivity contribution >= 4 is 45.3 Å². The number of quaternary nitrogens is 2. The number of carbonyl (C=O) groups is 4. The summed E-state index contributed by atoms with van der Waals surface area (Å²) in [6, 6.07) is -2.34. The van der Waals surface area contributed by atoms with Crippen LogP contribution in [0.25, 0.3) is 0 Å². The maximum absolute atomic E-state index is 12.3. The molecule has 0 aliphatic carbocycles. The largest absolute Gasteiger partial charge is 0.548 e. The average Bonchev–Trinajstić information content (AvgIpc) is 3.02. The van der Waals surface area contributed by atoms with Crippen LogP contribution in [0, 0.1) is 0 Å². The predicted octanol–water partition coefficient (Wildman–Crippen LogP) is 1.71. The number of amides is 2. The quantitative estimate of drug-likeness (QED) is 0.0573. The van der Waals surface area contributed by atoms with E-state index < -0.39 is 24.0 Å². The molecule has 0 fully saturated rings. The maximum atomic E-state index is 12.3. The van der Waals surface area contributed by atoms with Crippen LogP contribution < -0.4 is 30.6 Å². The molecule has 0 aromatic carbocycles. The molecule has 0 saturated carbocycles. The van der Waals surface area contributed by atoms with Gasteiger partial charge in [0.25, 0.3) is 0 Å². The van der Waals surface area contributed by atoms with Gasteiger partial charge in [0.05, 0.1) is 65.3 Å². The van der Waals surface area contributed by atoms with Crippen LogP contribution in [0.3, 0.4) is 0 Å². The number of nitrogens with one attached hydrogen (secondary N) is 4. The first kappa shape index (κ1) is 46.5. The molecule has 4 N–H and O–H groups in total. The fourth-order valence-corrected chi connectivity index (χ4v) is 7.76. The van der Waals surface area contributed by atoms with Crippen molar-refractivity contribution < 1.29 is 39.2 Å². The third-order valence-corrected chi connectivity index (χ3v) is 10.9. The molecule has 12 heteroatoms. The first-order valence-electron chi connectivity index (χ1n) is 18.9. The standard InChI is InChI=1S/C36H70N4O6S2/c1-39(2)27-23-19-15-11-7-5-9-13-17-21-25-33(41)37-31(35(43)44)29-47-48-30-32(36(45)46)38-34(42)26-22-18-14-10-6-8-12-16-20-24-28-40(3)4/h31-32H,5-30H2,1-4H3,(H,37,41)(H,38,42)(H,43,44)(H,45,46). The summed E-state index contributed by atoms with van der Waals surface area (Å²) in [6.45, 7) is 2.47. The van der Waals surface area contributed by atoms with E-state index in [1.54, 1.807) is 0 Å². The van der Waals surface area contributed by atoms with Gasteiger partial charge in [-0.2, -0.15) is 0 Å². The van der Waals surface area contributed by atoms with Gasteiger partial charge in [-0.3, -0.25) is 9.59 Å². The molecular formula is C36H70N4O6S2. The molecule has 0 aliphatic heterocycles. The molecule has 48 heavy (non-hydrogen) atoms. The smallest absolute Gasteiger partial charge is 0.220 e. The number of carboxylic acid groups (broad SMARTS) is 2. The summed E-state index contributed by atoms with van der Waals surface area (Å²) < 4.78 is 0. The average molecular weight is 719 g/mol. The lowest BCUT2D eigenvalue weighted by molar-refractivity contribution is -0.858. The molecule has 0 saturated heterocycles. The Balaban J connectivity index is 3.95. The van der Waals surface area contributed by atoms with Gasteiger partial charge in [-0.15, -0.1) is 0 Å². The summed E-state index contributed by atoms with van der Waals surface area (Å²) >= 11 is 0. The molecule has 2 amide bonds. The summed E-state index contributed by atoms with van der Waals surface area (Å²) in [5.41, 5.74) is 0. The van der Waals surface area contributed by atoms with Gasteiger partial charge in [-0.1, -0.05) is 111 Å². The monoisotopic (exact) mass is 718 g/mol. The highest BCUT2D eigenvalue weighted by molar-refractivity contribution is 8.76. The zero-order valence-electron chi connectivity index (χ0n) is 30.8. The van der Waals surface area contributed by atoms with Crippen molar-refractivity contribution in [3.05, 3.63) is 0 Å². The van der Waals surface area contributed by atoms with Gasteiger partial charge >= 0.3 is 0 Å². The zero-order chi connectivity index (χ0) is 35.8. The van der Waals surface area contributed by atoms with Crippen LogP contribution in [0.15, 0.2) is 0 Å². The van der Waals surface area contributed by atoms with Gasteiger partial charge in [0.15, 0.2) is 0 Å². The maximum Gasteiger partial charge on any atom is 0.220 e. The van der Waals surface area contributed by atoms with Crippen LogP contribution in [-0.2, 0) is 19.2 Å². The lowest BCUT2D eigenvalue weighted by Gasteiger charge is -2.21. The second-order valence-corrected chi connectivity index (χ2v) is 16.5. The lowest BCUT2D eigenvalue weighted by atomic mass is 10.1. The SMILES string of the molecule is C[NH+](C)CCCCCCCCCCCCC(=O)NC(CSSCC(NC(=O)CCCCCCCCCCCC[NH+](C)C)C(=O)[O-])C(=O)[O-]. The first-order chi connectivity index (χ1) is 23.0. The van der Waals surface area contributed by atoms with Crippen molar-refractivity contribution in [2.45, 2.75) is 153 Å². The topological polar surface area (TPSA) is 147 Å². The highest BCUT2D eigenvalue weighted by atomic mass is 33.1. The summed E-state index contributed by atoms with van der Waals surface area (Å²) in [6.07, 6.45) is 23.6. The Morgan fingerprint density at radius 2 is 0.708 bits per heavy atom.